The quantitative estimate of drug-likeness (QED) is 0.635. The molecule has 3 aromatic rings. The van der Waals surface area contributed by atoms with Crippen molar-refractivity contribution in [3.8, 4) is 11.3 Å². The fourth-order valence-electron chi connectivity index (χ4n) is 3.97. The van der Waals surface area contributed by atoms with Crippen LogP contribution in [0.3, 0.4) is 0 Å². The zero-order chi connectivity index (χ0) is 22.7. The van der Waals surface area contributed by atoms with E-state index in [1.165, 1.54) is 0 Å². The highest BCUT2D eigenvalue weighted by atomic mass is 35.5. The number of nitrogens with zero attached hydrogens (tertiary/aromatic N) is 3. The van der Waals surface area contributed by atoms with Crippen molar-refractivity contribution in [3.05, 3.63) is 70.4 Å². The molecule has 1 saturated heterocycles. The van der Waals surface area contributed by atoms with Crippen LogP contribution in [0.5, 0.6) is 0 Å². The Labute approximate surface area is 191 Å². The van der Waals surface area contributed by atoms with Crippen LogP contribution in [-0.4, -0.2) is 48.0 Å². The number of rotatable bonds is 5. The maximum Gasteiger partial charge on any atom is 0.257 e. The number of aromatic nitrogens is 1. The molecule has 0 radical (unpaired) electrons. The summed E-state index contributed by atoms with van der Waals surface area (Å²) in [5, 5.41) is 7.58. The van der Waals surface area contributed by atoms with Crippen LogP contribution < -0.4 is 10.2 Å². The Balaban J connectivity index is 1.50. The van der Waals surface area contributed by atoms with E-state index in [1.807, 2.05) is 47.4 Å². The number of nitrogens with one attached hydrogen (secondary N) is 1. The minimum absolute atomic E-state index is 0.101. The molecule has 2 heterocycles. The van der Waals surface area contributed by atoms with Crippen molar-refractivity contribution in [1.82, 2.24) is 15.4 Å². The molecule has 0 atom stereocenters. The predicted octanol–water partition coefficient (Wildman–Crippen LogP) is 3.90. The van der Waals surface area contributed by atoms with Crippen LogP contribution >= 0.6 is 11.6 Å². The zero-order valence-corrected chi connectivity index (χ0v) is 18.9. The Kier molecular flexibility index (Phi) is 6.46. The normalized spacial score (nSPS) is 13.8. The van der Waals surface area contributed by atoms with Gasteiger partial charge in [-0.3, -0.25) is 9.59 Å². The molecule has 2 amide bonds. The highest BCUT2D eigenvalue weighted by Gasteiger charge is 2.24. The number of amides is 2. The van der Waals surface area contributed by atoms with E-state index >= 15 is 0 Å². The molecule has 0 aliphatic carbocycles. The van der Waals surface area contributed by atoms with E-state index < -0.39 is 0 Å². The summed E-state index contributed by atoms with van der Waals surface area (Å²) in [5.41, 5.74) is 3.53. The topological polar surface area (TPSA) is 78.7 Å². The lowest BCUT2D eigenvalue weighted by atomic mass is 10.1. The molecule has 4 rings (SSSR count). The van der Waals surface area contributed by atoms with Gasteiger partial charge in [0, 0.05) is 50.9 Å². The van der Waals surface area contributed by atoms with Gasteiger partial charge < -0.3 is 19.6 Å². The smallest absolute Gasteiger partial charge is 0.257 e. The van der Waals surface area contributed by atoms with E-state index in [-0.39, 0.29) is 11.8 Å². The molecular weight excluding hydrogens is 428 g/mol. The van der Waals surface area contributed by atoms with Crippen LogP contribution in [0.25, 0.3) is 11.3 Å². The maximum absolute atomic E-state index is 13.1. The second-order valence-electron chi connectivity index (χ2n) is 7.75. The summed E-state index contributed by atoms with van der Waals surface area (Å²) in [4.78, 5) is 28.8. The first-order valence-electron chi connectivity index (χ1n) is 10.5. The van der Waals surface area contributed by atoms with E-state index in [0.717, 1.165) is 24.3 Å². The van der Waals surface area contributed by atoms with Crippen molar-refractivity contribution in [2.75, 3.05) is 31.1 Å². The summed E-state index contributed by atoms with van der Waals surface area (Å²) >= 11 is 6.31. The summed E-state index contributed by atoms with van der Waals surface area (Å²) in [6.07, 6.45) is 0. The third kappa shape index (κ3) is 4.48. The Morgan fingerprint density at radius 1 is 1.06 bits per heavy atom. The summed E-state index contributed by atoms with van der Waals surface area (Å²) in [7, 11) is 0. The summed E-state index contributed by atoms with van der Waals surface area (Å²) in [6, 6.07) is 15.2. The first-order chi connectivity index (χ1) is 15.5. The van der Waals surface area contributed by atoms with Crippen LogP contribution in [0, 0.1) is 6.92 Å². The second kappa shape index (κ2) is 9.44. The number of piperazine rings is 1. The van der Waals surface area contributed by atoms with Gasteiger partial charge in [-0.15, -0.1) is 0 Å². The molecule has 0 saturated carbocycles. The Morgan fingerprint density at radius 2 is 1.75 bits per heavy atom. The molecule has 0 spiro atoms. The van der Waals surface area contributed by atoms with Gasteiger partial charge in [0.2, 0.25) is 5.91 Å². The van der Waals surface area contributed by atoms with Gasteiger partial charge in [-0.05, 0) is 24.6 Å². The molecule has 1 aromatic heterocycles. The van der Waals surface area contributed by atoms with E-state index in [4.69, 9.17) is 16.1 Å². The summed E-state index contributed by atoms with van der Waals surface area (Å²) < 4.78 is 5.32. The monoisotopic (exact) mass is 452 g/mol. The standard InChI is InChI=1S/C24H25ClN4O3/c1-16-22(23(27-32-16)19-8-4-5-9-20(19)25)24(31)26-15-18-7-3-6-10-21(18)29-13-11-28(12-14-29)17(2)30/h3-10H,11-15H2,1-2H3,(H,26,31). The summed E-state index contributed by atoms with van der Waals surface area (Å²) in [6.45, 7) is 6.56. The minimum atomic E-state index is -0.269. The lowest BCUT2D eigenvalue weighted by Crippen LogP contribution is -2.48. The summed E-state index contributed by atoms with van der Waals surface area (Å²) in [5.74, 6) is 0.268. The van der Waals surface area contributed by atoms with E-state index in [9.17, 15) is 9.59 Å². The number of hydrogen-bond acceptors (Lipinski definition) is 5. The van der Waals surface area contributed by atoms with Crippen molar-refractivity contribution in [2.45, 2.75) is 20.4 Å². The number of anilines is 1. The van der Waals surface area contributed by atoms with Crippen LogP contribution in [0.1, 0.15) is 28.6 Å². The lowest BCUT2D eigenvalue weighted by Gasteiger charge is -2.36. The zero-order valence-electron chi connectivity index (χ0n) is 18.1. The van der Waals surface area contributed by atoms with Crippen LogP contribution in [0.2, 0.25) is 5.02 Å². The highest BCUT2D eigenvalue weighted by molar-refractivity contribution is 6.33. The highest BCUT2D eigenvalue weighted by Crippen LogP contribution is 2.31. The van der Waals surface area contributed by atoms with E-state index in [2.05, 4.69) is 15.4 Å². The molecule has 0 bridgehead atoms. The molecule has 8 heteroatoms. The number of benzene rings is 2. The Hall–Kier alpha value is -3.32. The third-order valence-electron chi connectivity index (χ3n) is 5.72. The van der Waals surface area contributed by atoms with E-state index in [1.54, 1.807) is 19.9 Å². The Morgan fingerprint density at radius 3 is 2.47 bits per heavy atom. The molecule has 32 heavy (non-hydrogen) atoms. The number of carbonyl (C=O) groups excluding carboxylic acids is 2. The number of halogens is 1. The number of carbonyl (C=O) groups is 2. The lowest BCUT2D eigenvalue weighted by molar-refractivity contribution is -0.129. The molecule has 166 valence electrons. The average Bonchev–Trinajstić information content (AvgIpc) is 3.19. The van der Waals surface area contributed by atoms with Gasteiger partial charge in [0.1, 0.15) is 17.0 Å². The fourth-order valence-corrected chi connectivity index (χ4v) is 4.20. The van der Waals surface area contributed by atoms with Crippen LogP contribution in [0.15, 0.2) is 53.1 Å². The number of para-hydroxylation sites is 1. The van der Waals surface area contributed by atoms with Crippen molar-refractivity contribution in [2.24, 2.45) is 0 Å². The van der Waals surface area contributed by atoms with Gasteiger partial charge in [0.05, 0.1) is 5.02 Å². The van der Waals surface area contributed by atoms with Crippen molar-refractivity contribution >= 4 is 29.1 Å². The molecule has 7 nitrogen and oxygen atoms in total. The molecule has 1 aliphatic rings. The number of aryl methyl sites for hydroxylation is 1. The predicted molar refractivity (Wildman–Crippen MR) is 124 cm³/mol. The molecule has 0 unspecified atom stereocenters. The van der Waals surface area contributed by atoms with Gasteiger partial charge >= 0.3 is 0 Å². The van der Waals surface area contributed by atoms with Crippen molar-refractivity contribution in [3.63, 3.8) is 0 Å². The van der Waals surface area contributed by atoms with Gasteiger partial charge in [-0.1, -0.05) is 53.2 Å². The van der Waals surface area contributed by atoms with Gasteiger partial charge in [-0.25, -0.2) is 0 Å². The average molecular weight is 453 g/mol. The van der Waals surface area contributed by atoms with Crippen LogP contribution in [0.4, 0.5) is 5.69 Å². The van der Waals surface area contributed by atoms with E-state index in [0.29, 0.717) is 47.2 Å². The van der Waals surface area contributed by atoms with Crippen molar-refractivity contribution in [1.29, 1.82) is 0 Å². The molecule has 1 fully saturated rings. The molecule has 2 aromatic carbocycles. The molecule has 1 N–H and O–H groups in total. The SMILES string of the molecule is CC(=O)N1CCN(c2ccccc2CNC(=O)c2c(-c3ccccc3Cl)noc2C)CC1. The van der Waals surface area contributed by atoms with Gasteiger partial charge in [0.15, 0.2) is 0 Å². The maximum atomic E-state index is 13.1. The van der Waals surface area contributed by atoms with Crippen molar-refractivity contribution < 1.29 is 14.1 Å². The molecular formula is C24H25ClN4O3. The first-order valence-corrected chi connectivity index (χ1v) is 10.9. The minimum Gasteiger partial charge on any atom is -0.368 e. The second-order valence-corrected chi connectivity index (χ2v) is 8.15. The fraction of sp³-hybridized carbons (Fsp3) is 0.292. The third-order valence-corrected chi connectivity index (χ3v) is 6.05. The first kappa shape index (κ1) is 21.9. The van der Waals surface area contributed by atoms with Gasteiger partial charge in [-0.2, -0.15) is 0 Å². The largest absolute Gasteiger partial charge is 0.368 e. The molecule has 1 aliphatic heterocycles. The van der Waals surface area contributed by atoms with Crippen LogP contribution in [-0.2, 0) is 11.3 Å². The number of hydrogen-bond donors (Lipinski definition) is 1. The van der Waals surface area contributed by atoms with Gasteiger partial charge in [0.25, 0.3) is 5.91 Å². The Bertz CT molecular complexity index is 1140.